The molecule has 1 heterocycles. The Morgan fingerprint density at radius 2 is 1.67 bits per heavy atom. The Morgan fingerprint density at radius 3 is 2.26 bits per heavy atom. The van der Waals surface area contributed by atoms with Gasteiger partial charge in [-0.25, -0.2) is 9.18 Å². The van der Waals surface area contributed by atoms with Crippen LogP contribution in [0.15, 0.2) is 53.1 Å². The van der Waals surface area contributed by atoms with Gasteiger partial charge in [-0.2, -0.15) is 0 Å². The van der Waals surface area contributed by atoms with Crippen molar-refractivity contribution in [1.82, 2.24) is 5.16 Å². The van der Waals surface area contributed by atoms with Gasteiger partial charge in [-0.3, -0.25) is 4.79 Å². The second-order valence-corrected chi connectivity index (χ2v) is 5.62. The minimum Gasteiger partial charge on any atom is -0.465 e. The zero-order valence-corrected chi connectivity index (χ0v) is 14.6. The number of carbonyl (C=O) groups is 2. The maximum Gasteiger partial charge on any atom is 0.345 e. The van der Waals surface area contributed by atoms with Crippen molar-refractivity contribution in [1.29, 1.82) is 0 Å². The van der Waals surface area contributed by atoms with E-state index in [1.165, 1.54) is 38.3 Å². The summed E-state index contributed by atoms with van der Waals surface area (Å²) in [6, 6.07) is 12.3. The molecule has 0 radical (unpaired) electrons. The van der Waals surface area contributed by atoms with Gasteiger partial charge in [0.05, 0.1) is 7.11 Å². The Hall–Kier alpha value is -3.68. The molecular weight excluding hydrogens is 353 g/mol. The van der Waals surface area contributed by atoms with E-state index in [4.69, 9.17) is 9.26 Å². The second kappa shape index (κ2) is 7.69. The van der Waals surface area contributed by atoms with Gasteiger partial charge in [-0.15, -0.1) is 0 Å². The van der Waals surface area contributed by atoms with Crippen LogP contribution in [0, 0.1) is 5.82 Å². The van der Waals surface area contributed by atoms with Crippen LogP contribution in [0.1, 0.15) is 17.3 Å². The number of benzene rings is 2. The van der Waals surface area contributed by atoms with E-state index >= 15 is 0 Å². The number of amides is 1. The third kappa shape index (κ3) is 4.12. The first-order chi connectivity index (χ1) is 13.0. The lowest BCUT2D eigenvalue weighted by Crippen LogP contribution is -2.06. The molecule has 1 amide bonds. The zero-order chi connectivity index (χ0) is 19.4. The molecule has 138 valence electrons. The van der Waals surface area contributed by atoms with Crippen LogP contribution in [0.5, 0.6) is 0 Å². The molecule has 7 nitrogen and oxygen atoms in total. The lowest BCUT2D eigenvalue weighted by molar-refractivity contribution is -0.114. The maximum atomic E-state index is 13.2. The molecule has 0 unspecified atom stereocenters. The van der Waals surface area contributed by atoms with Crippen molar-refractivity contribution in [3.63, 3.8) is 0 Å². The van der Waals surface area contributed by atoms with Crippen molar-refractivity contribution in [3.05, 3.63) is 59.9 Å². The highest BCUT2D eigenvalue weighted by Crippen LogP contribution is 2.31. The fraction of sp³-hybridized carbons (Fsp3) is 0.105. The van der Waals surface area contributed by atoms with Crippen LogP contribution in [0.25, 0.3) is 11.3 Å². The first kappa shape index (κ1) is 18.1. The highest BCUT2D eigenvalue weighted by atomic mass is 19.1. The molecule has 0 aliphatic rings. The van der Waals surface area contributed by atoms with E-state index in [-0.39, 0.29) is 23.0 Å². The molecule has 27 heavy (non-hydrogen) atoms. The standard InChI is InChI=1S/C19H16FN3O4/c1-11(24)21-14-7-9-15(10-8-14)22-18-16(19(25)26-2)17(23-27-18)12-3-5-13(20)6-4-12/h3-10,22H,1-2H3,(H,21,24). The number of nitrogens with one attached hydrogen (secondary N) is 2. The van der Waals surface area contributed by atoms with Gasteiger partial charge in [0, 0.05) is 23.9 Å². The molecule has 0 aliphatic carbocycles. The molecule has 3 rings (SSSR count). The summed E-state index contributed by atoms with van der Waals surface area (Å²) in [6.07, 6.45) is 0. The van der Waals surface area contributed by atoms with E-state index < -0.39 is 11.8 Å². The van der Waals surface area contributed by atoms with Crippen molar-refractivity contribution in [2.45, 2.75) is 6.92 Å². The smallest absolute Gasteiger partial charge is 0.345 e. The largest absolute Gasteiger partial charge is 0.465 e. The van der Waals surface area contributed by atoms with E-state index in [1.807, 2.05) is 0 Å². The minimum absolute atomic E-state index is 0.0912. The number of aromatic nitrogens is 1. The van der Waals surface area contributed by atoms with Gasteiger partial charge in [0.1, 0.15) is 11.5 Å². The Bertz CT molecular complexity index is 966. The molecule has 0 bridgehead atoms. The van der Waals surface area contributed by atoms with Gasteiger partial charge in [0.2, 0.25) is 11.8 Å². The van der Waals surface area contributed by atoms with Gasteiger partial charge in [-0.1, -0.05) is 5.16 Å². The SMILES string of the molecule is COC(=O)c1c(-c2ccc(F)cc2)noc1Nc1ccc(NC(C)=O)cc1. The Labute approximate surface area is 154 Å². The molecule has 3 aromatic rings. The summed E-state index contributed by atoms with van der Waals surface area (Å²) < 4.78 is 23.3. The lowest BCUT2D eigenvalue weighted by atomic mass is 10.1. The number of nitrogens with zero attached hydrogens (tertiary/aromatic N) is 1. The molecule has 1 aromatic heterocycles. The fourth-order valence-electron chi connectivity index (χ4n) is 2.44. The van der Waals surface area contributed by atoms with Crippen LogP contribution < -0.4 is 10.6 Å². The van der Waals surface area contributed by atoms with Crippen LogP contribution in [-0.4, -0.2) is 24.1 Å². The van der Waals surface area contributed by atoms with E-state index in [9.17, 15) is 14.0 Å². The molecular formula is C19H16FN3O4. The number of rotatable bonds is 5. The van der Waals surface area contributed by atoms with E-state index in [2.05, 4.69) is 15.8 Å². The van der Waals surface area contributed by atoms with Gasteiger partial charge in [0.25, 0.3) is 0 Å². The van der Waals surface area contributed by atoms with E-state index in [0.717, 1.165) is 0 Å². The molecule has 0 aliphatic heterocycles. The predicted molar refractivity (Wildman–Crippen MR) is 97.3 cm³/mol. The third-order valence-corrected chi connectivity index (χ3v) is 3.66. The fourth-order valence-corrected chi connectivity index (χ4v) is 2.44. The summed E-state index contributed by atoms with van der Waals surface area (Å²) in [5.74, 6) is -1.14. The number of methoxy groups -OCH3 is 1. The van der Waals surface area contributed by atoms with Crippen LogP contribution in [-0.2, 0) is 9.53 Å². The van der Waals surface area contributed by atoms with E-state index in [1.54, 1.807) is 24.3 Å². The summed E-state index contributed by atoms with van der Waals surface area (Å²) >= 11 is 0. The van der Waals surface area contributed by atoms with Gasteiger partial charge < -0.3 is 19.9 Å². The number of esters is 1. The summed E-state index contributed by atoms with van der Waals surface area (Å²) in [5, 5.41) is 9.53. The van der Waals surface area contributed by atoms with Crippen molar-refractivity contribution in [2.24, 2.45) is 0 Å². The van der Waals surface area contributed by atoms with Crippen LogP contribution in [0.4, 0.5) is 21.6 Å². The highest BCUT2D eigenvalue weighted by Gasteiger charge is 2.25. The third-order valence-electron chi connectivity index (χ3n) is 3.66. The molecule has 0 saturated heterocycles. The molecule has 0 atom stereocenters. The summed E-state index contributed by atoms with van der Waals surface area (Å²) in [5.41, 5.74) is 2.07. The topological polar surface area (TPSA) is 93.5 Å². The molecule has 0 fully saturated rings. The average molecular weight is 369 g/mol. The summed E-state index contributed by atoms with van der Waals surface area (Å²) in [6.45, 7) is 1.42. The Morgan fingerprint density at radius 1 is 1.04 bits per heavy atom. The van der Waals surface area contributed by atoms with Crippen molar-refractivity contribution < 1.29 is 23.2 Å². The quantitative estimate of drug-likeness (QED) is 0.661. The number of anilines is 3. The van der Waals surface area contributed by atoms with Gasteiger partial charge in [0.15, 0.2) is 5.56 Å². The van der Waals surface area contributed by atoms with E-state index in [0.29, 0.717) is 16.9 Å². The first-order valence-corrected chi connectivity index (χ1v) is 7.96. The number of hydrogen-bond acceptors (Lipinski definition) is 6. The molecule has 2 N–H and O–H groups in total. The molecule has 8 heteroatoms. The maximum absolute atomic E-state index is 13.2. The Kier molecular flexibility index (Phi) is 5.16. The lowest BCUT2D eigenvalue weighted by Gasteiger charge is -2.07. The number of ether oxygens (including phenoxy) is 1. The minimum atomic E-state index is -0.645. The van der Waals surface area contributed by atoms with Crippen LogP contribution in [0.2, 0.25) is 0 Å². The van der Waals surface area contributed by atoms with Crippen molar-refractivity contribution in [2.75, 3.05) is 17.7 Å². The van der Waals surface area contributed by atoms with Crippen molar-refractivity contribution in [3.8, 4) is 11.3 Å². The first-order valence-electron chi connectivity index (χ1n) is 7.96. The molecule has 2 aromatic carbocycles. The van der Waals surface area contributed by atoms with Crippen molar-refractivity contribution >= 4 is 29.1 Å². The summed E-state index contributed by atoms with van der Waals surface area (Å²) in [7, 11) is 1.25. The predicted octanol–water partition coefficient (Wildman–Crippen LogP) is 3.97. The number of hydrogen-bond donors (Lipinski definition) is 2. The molecule has 0 saturated carbocycles. The second-order valence-electron chi connectivity index (χ2n) is 5.62. The monoisotopic (exact) mass is 369 g/mol. The van der Waals surface area contributed by atoms with Gasteiger partial charge >= 0.3 is 5.97 Å². The molecule has 0 spiro atoms. The average Bonchev–Trinajstić information content (AvgIpc) is 3.06. The van der Waals surface area contributed by atoms with Crippen LogP contribution in [0.3, 0.4) is 0 Å². The van der Waals surface area contributed by atoms with Gasteiger partial charge in [-0.05, 0) is 48.5 Å². The zero-order valence-electron chi connectivity index (χ0n) is 14.6. The highest BCUT2D eigenvalue weighted by molar-refractivity contribution is 6.01. The normalized spacial score (nSPS) is 10.3. The number of halogens is 1. The Balaban J connectivity index is 1.92. The van der Waals surface area contributed by atoms with Crippen LogP contribution >= 0.6 is 0 Å². The number of carbonyl (C=O) groups excluding carboxylic acids is 2. The summed E-state index contributed by atoms with van der Waals surface area (Å²) in [4.78, 5) is 23.3.